The standard InChI is InChI=1S/C13H17BrN2/c1-9(2)10(3)16(4)12-6-5-11(8-15)13(14)7-12/h5-7,9-10H,1-4H3. The van der Waals surface area contributed by atoms with E-state index in [0.29, 0.717) is 17.5 Å². The largest absolute Gasteiger partial charge is 0.372 e. The molecule has 3 heteroatoms. The second-order valence-electron chi connectivity index (χ2n) is 4.37. The average Bonchev–Trinajstić information content (AvgIpc) is 2.26. The summed E-state index contributed by atoms with van der Waals surface area (Å²) in [5.74, 6) is 0.597. The molecule has 0 heterocycles. The lowest BCUT2D eigenvalue weighted by Crippen LogP contribution is -2.33. The normalized spacial score (nSPS) is 12.3. The van der Waals surface area contributed by atoms with Gasteiger partial charge in [0.25, 0.3) is 0 Å². The first-order chi connectivity index (χ1) is 7.47. The molecular weight excluding hydrogens is 264 g/mol. The summed E-state index contributed by atoms with van der Waals surface area (Å²) in [6.45, 7) is 6.62. The molecule has 0 fully saturated rings. The first-order valence-electron chi connectivity index (χ1n) is 5.40. The predicted octanol–water partition coefficient (Wildman–Crippen LogP) is 3.80. The fraction of sp³-hybridized carbons (Fsp3) is 0.462. The molecule has 0 aliphatic heterocycles. The van der Waals surface area contributed by atoms with Crippen LogP contribution in [0.1, 0.15) is 26.3 Å². The van der Waals surface area contributed by atoms with Crippen molar-refractivity contribution in [2.75, 3.05) is 11.9 Å². The lowest BCUT2D eigenvalue weighted by atomic mass is 10.0. The molecule has 16 heavy (non-hydrogen) atoms. The van der Waals surface area contributed by atoms with Gasteiger partial charge in [-0.1, -0.05) is 13.8 Å². The maximum Gasteiger partial charge on any atom is 0.100 e. The van der Waals surface area contributed by atoms with Crippen molar-refractivity contribution in [3.8, 4) is 6.07 Å². The van der Waals surface area contributed by atoms with E-state index in [2.05, 4.69) is 54.7 Å². The summed E-state index contributed by atoms with van der Waals surface area (Å²) in [5.41, 5.74) is 1.81. The van der Waals surface area contributed by atoms with Crippen molar-refractivity contribution in [1.29, 1.82) is 5.26 Å². The number of anilines is 1. The maximum atomic E-state index is 8.85. The highest BCUT2D eigenvalue weighted by atomic mass is 79.9. The molecule has 0 bridgehead atoms. The van der Waals surface area contributed by atoms with E-state index < -0.39 is 0 Å². The van der Waals surface area contributed by atoms with E-state index in [9.17, 15) is 0 Å². The van der Waals surface area contributed by atoms with Gasteiger partial charge < -0.3 is 4.90 Å². The second-order valence-corrected chi connectivity index (χ2v) is 5.23. The molecule has 1 aromatic rings. The molecular formula is C13H17BrN2. The van der Waals surface area contributed by atoms with E-state index >= 15 is 0 Å². The van der Waals surface area contributed by atoms with E-state index in [1.165, 1.54) is 0 Å². The minimum atomic E-state index is 0.472. The fourth-order valence-electron chi connectivity index (χ4n) is 1.50. The highest BCUT2D eigenvalue weighted by Crippen LogP contribution is 2.25. The van der Waals surface area contributed by atoms with Gasteiger partial charge in [0.1, 0.15) is 6.07 Å². The molecule has 1 atom stereocenters. The third-order valence-electron chi connectivity index (χ3n) is 3.06. The molecule has 0 amide bonds. The quantitative estimate of drug-likeness (QED) is 0.842. The van der Waals surface area contributed by atoms with Crippen molar-refractivity contribution in [1.82, 2.24) is 0 Å². The van der Waals surface area contributed by atoms with Crippen LogP contribution in [0.15, 0.2) is 22.7 Å². The first-order valence-corrected chi connectivity index (χ1v) is 6.19. The maximum absolute atomic E-state index is 8.85. The van der Waals surface area contributed by atoms with Crippen LogP contribution in [0.5, 0.6) is 0 Å². The zero-order valence-corrected chi connectivity index (χ0v) is 11.7. The summed E-state index contributed by atoms with van der Waals surface area (Å²) < 4.78 is 0.857. The van der Waals surface area contributed by atoms with Crippen molar-refractivity contribution < 1.29 is 0 Å². The molecule has 1 unspecified atom stereocenters. The van der Waals surface area contributed by atoms with Crippen LogP contribution in [0.3, 0.4) is 0 Å². The summed E-state index contributed by atoms with van der Waals surface area (Å²) in [6.07, 6.45) is 0. The Bertz CT molecular complexity index is 407. The average molecular weight is 281 g/mol. The Morgan fingerprint density at radius 3 is 2.38 bits per heavy atom. The third kappa shape index (κ3) is 2.76. The Labute approximate surface area is 106 Å². The molecule has 0 saturated carbocycles. The van der Waals surface area contributed by atoms with Crippen LogP contribution in [0.25, 0.3) is 0 Å². The third-order valence-corrected chi connectivity index (χ3v) is 3.71. The van der Waals surface area contributed by atoms with Crippen LogP contribution in [-0.2, 0) is 0 Å². The van der Waals surface area contributed by atoms with Gasteiger partial charge in [0.15, 0.2) is 0 Å². The molecule has 0 aromatic heterocycles. The van der Waals surface area contributed by atoms with Gasteiger partial charge >= 0.3 is 0 Å². The highest BCUT2D eigenvalue weighted by Gasteiger charge is 2.14. The Kier molecular flexibility index (Phi) is 4.37. The van der Waals surface area contributed by atoms with Crippen molar-refractivity contribution in [3.05, 3.63) is 28.2 Å². The predicted molar refractivity (Wildman–Crippen MR) is 71.6 cm³/mol. The van der Waals surface area contributed by atoms with Gasteiger partial charge in [-0.15, -0.1) is 0 Å². The summed E-state index contributed by atoms with van der Waals surface area (Å²) in [4.78, 5) is 2.23. The van der Waals surface area contributed by atoms with E-state index in [1.807, 2.05) is 18.2 Å². The van der Waals surface area contributed by atoms with Crippen LogP contribution >= 0.6 is 15.9 Å². The number of halogens is 1. The van der Waals surface area contributed by atoms with Crippen molar-refractivity contribution in [2.45, 2.75) is 26.8 Å². The summed E-state index contributed by atoms with van der Waals surface area (Å²) in [6, 6.07) is 8.46. The molecule has 0 radical (unpaired) electrons. The lowest BCUT2D eigenvalue weighted by Gasteiger charge is -2.30. The van der Waals surface area contributed by atoms with Gasteiger partial charge in [0.2, 0.25) is 0 Å². The monoisotopic (exact) mass is 280 g/mol. The zero-order chi connectivity index (χ0) is 12.3. The van der Waals surface area contributed by atoms with Crippen LogP contribution in [0.4, 0.5) is 5.69 Å². The Morgan fingerprint density at radius 1 is 1.31 bits per heavy atom. The molecule has 2 nitrogen and oxygen atoms in total. The van der Waals surface area contributed by atoms with Gasteiger partial charge in [-0.2, -0.15) is 5.26 Å². The van der Waals surface area contributed by atoms with Crippen LogP contribution < -0.4 is 4.90 Å². The second kappa shape index (κ2) is 5.36. The van der Waals surface area contributed by atoms with Gasteiger partial charge in [0, 0.05) is 23.2 Å². The van der Waals surface area contributed by atoms with Gasteiger partial charge in [-0.3, -0.25) is 0 Å². The molecule has 0 aliphatic rings. The minimum absolute atomic E-state index is 0.472. The van der Waals surface area contributed by atoms with E-state index in [1.54, 1.807) is 0 Å². The number of hydrogen-bond acceptors (Lipinski definition) is 2. The molecule has 0 saturated heterocycles. The molecule has 0 spiro atoms. The molecule has 0 aliphatic carbocycles. The summed E-state index contributed by atoms with van der Waals surface area (Å²) >= 11 is 3.41. The van der Waals surface area contributed by atoms with Crippen LogP contribution in [0, 0.1) is 17.2 Å². The van der Waals surface area contributed by atoms with Gasteiger partial charge in [-0.25, -0.2) is 0 Å². The number of benzene rings is 1. The van der Waals surface area contributed by atoms with Gasteiger partial charge in [0.05, 0.1) is 5.56 Å². The number of hydrogen-bond donors (Lipinski definition) is 0. The lowest BCUT2D eigenvalue weighted by molar-refractivity contribution is 0.505. The fourth-order valence-corrected chi connectivity index (χ4v) is 1.95. The van der Waals surface area contributed by atoms with E-state index in [0.717, 1.165) is 10.2 Å². The smallest absolute Gasteiger partial charge is 0.100 e. The molecule has 1 rings (SSSR count). The number of rotatable bonds is 3. The van der Waals surface area contributed by atoms with E-state index in [4.69, 9.17) is 5.26 Å². The van der Waals surface area contributed by atoms with Crippen molar-refractivity contribution in [3.63, 3.8) is 0 Å². The highest BCUT2D eigenvalue weighted by molar-refractivity contribution is 9.10. The molecule has 86 valence electrons. The van der Waals surface area contributed by atoms with Crippen molar-refractivity contribution in [2.24, 2.45) is 5.92 Å². The number of nitriles is 1. The Hall–Kier alpha value is -1.01. The Balaban J connectivity index is 2.98. The van der Waals surface area contributed by atoms with Crippen LogP contribution in [-0.4, -0.2) is 13.1 Å². The minimum Gasteiger partial charge on any atom is -0.372 e. The summed E-state index contributed by atoms with van der Waals surface area (Å²) in [5, 5.41) is 8.85. The topological polar surface area (TPSA) is 27.0 Å². The van der Waals surface area contributed by atoms with Crippen molar-refractivity contribution >= 4 is 21.6 Å². The zero-order valence-electron chi connectivity index (χ0n) is 10.2. The Morgan fingerprint density at radius 2 is 1.94 bits per heavy atom. The molecule has 0 N–H and O–H groups in total. The summed E-state index contributed by atoms with van der Waals surface area (Å²) in [7, 11) is 2.08. The number of nitrogens with zero attached hydrogens (tertiary/aromatic N) is 2. The van der Waals surface area contributed by atoms with E-state index in [-0.39, 0.29) is 0 Å². The SMILES string of the molecule is CC(C)C(C)N(C)c1ccc(C#N)c(Br)c1. The van der Waals surface area contributed by atoms with Crippen LogP contribution in [0.2, 0.25) is 0 Å². The van der Waals surface area contributed by atoms with Gasteiger partial charge in [-0.05, 0) is 47.0 Å². The molecule has 1 aromatic carbocycles. The first kappa shape index (κ1) is 13.1.